The van der Waals surface area contributed by atoms with E-state index in [1.54, 1.807) is 23.1 Å². The summed E-state index contributed by atoms with van der Waals surface area (Å²) in [5, 5.41) is 0.791. The Bertz CT molecular complexity index is 1490. The van der Waals surface area contributed by atoms with Gasteiger partial charge in [0.25, 0.3) is 5.91 Å². The van der Waals surface area contributed by atoms with Gasteiger partial charge in [-0.3, -0.25) is 9.59 Å². The van der Waals surface area contributed by atoms with Crippen LogP contribution in [0.2, 0.25) is 5.02 Å². The summed E-state index contributed by atoms with van der Waals surface area (Å²) < 4.78 is 16.9. The van der Waals surface area contributed by atoms with Crippen LogP contribution >= 0.6 is 11.6 Å². The fourth-order valence-electron chi connectivity index (χ4n) is 4.49. The Morgan fingerprint density at radius 1 is 0.970 bits per heavy atom. The summed E-state index contributed by atoms with van der Waals surface area (Å²) in [5.74, 6) is 1.05. The summed E-state index contributed by atoms with van der Waals surface area (Å²) in [6, 6.07) is 17.6. The van der Waals surface area contributed by atoms with Crippen LogP contribution in [0.4, 0.5) is 0 Å². The minimum atomic E-state index is -0.585. The molecule has 0 bridgehead atoms. The van der Waals surface area contributed by atoms with Gasteiger partial charge in [-0.1, -0.05) is 47.5 Å². The highest BCUT2D eigenvalue weighted by atomic mass is 35.5. The molecule has 1 aromatic heterocycles. The van der Waals surface area contributed by atoms with Crippen LogP contribution in [-0.4, -0.2) is 17.6 Å². The van der Waals surface area contributed by atoms with Crippen molar-refractivity contribution in [2.75, 3.05) is 6.79 Å². The lowest BCUT2D eigenvalue weighted by Gasteiger charge is -2.25. The van der Waals surface area contributed by atoms with Crippen molar-refractivity contribution in [3.05, 3.63) is 104 Å². The van der Waals surface area contributed by atoms with Crippen molar-refractivity contribution >= 4 is 28.5 Å². The van der Waals surface area contributed by atoms with Gasteiger partial charge in [-0.05, 0) is 48.4 Å². The van der Waals surface area contributed by atoms with Crippen LogP contribution in [-0.2, 0) is 6.54 Å². The van der Waals surface area contributed by atoms with Gasteiger partial charge in [-0.2, -0.15) is 0 Å². The summed E-state index contributed by atoms with van der Waals surface area (Å²) in [7, 11) is 0. The maximum absolute atomic E-state index is 13.6. The molecule has 2 aliphatic heterocycles. The highest BCUT2D eigenvalue weighted by molar-refractivity contribution is 6.31. The number of amides is 1. The van der Waals surface area contributed by atoms with Gasteiger partial charge in [-0.25, -0.2) is 0 Å². The zero-order valence-electron chi connectivity index (χ0n) is 17.6. The van der Waals surface area contributed by atoms with E-state index < -0.39 is 6.04 Å². The average Bonchev–Trinajstić information content (AvgIpc) is 3.38. The molecule has 4 aromatic rings. The molecule has 0 fully saturated rings. The molecule has 0 aliphatic carbocycles. The minimum absolute atomic E-state index is 0.0705. The van der Waals surface area contributed by atoms with Gasteiger partial charge in [0.1, 0.15) is 5.58 Å². The molecule has 0 saturated heterocycles. The second kappa shape index (κ2) is 7.39. The van der Waals surface area contributed by atoms with Crippen LogP contribution < -0.4 is 14.9 Å². The first-order valence-electron chi connectivity index (χ1n) is 10.5. The molecule has 6 nitrogen and oxygen atoms in total. The largest absolute Gasteiger partial charge is 0.454 e. The van der Waals surface area contributed by atoms with Crippen molar-refractivity contribution in [2.24, 2.45) is 0 Å². The zero-order valence-corrected chi connectivity index (χ0v) is 18.4. The maximum Gasteiger partial charge on any atom is 0.291 e. The number of fused-ring (bicyclic) bond motifs is 3. The number of carbonyl (C=O) groups is 1. The first-order chi connectivity index (χ1) is 16.0. The number of carbonyl (C=O) groups excluding carboxylic acids is 1. The molecule has 2 aliphatic rings. The molecule has 1 atom stereocenters. The minimum Gasteiger partial charge on any atom is -0.454 e. The third-order valence-corrected chi connectivity index (χ3v) is 6.35. The second-order valence-electron chi connectivity index (χ2n) is 8.25. The molecule has 1 amide bonds. The standard InChI is InChI=1S/C26H18ClNO5/c1-14-2-5-16(6-3-14)23-22-24(29)18-11-17(27)7-9-19(18)33-25(22)26(30)28(23)12-15-4-8-20-21(10-15)32-13-31-20/h2-11,23H,12-13H2,1H3. The molecular formula is C26H18ClNO5. The van der Waals surface area contributed by atoms with E-state index in [4.69, 9.17) is 25.5 Å². The molecule has 3 aromatic carbocycles. The van der Waals surface area contributed by atoms with E-state index in [1.807, 2.05) is 49.4 Å². The van der Waals surface area contributed by atoms with E-state index in [0.717, 1.165) is 16.7 Å². The summed E-state index contributed by atoms with van der Waals surface area (Å²) in [4.78, 5) is 28.8. The molecule has 0 saturated carbocycles. The number of halogens is 1. The normalized spacial score (nSPS) is 16.5. The molecule has 0 spiro atoms. The Morgan fingerprint density at radius 3 is 2.58 bits per heavy atom. The topological polar surface area (TPSA) is 69.0 Å². The molecule has 3 heterocycles. The van der Waals surface area contributed by atoms with Gasteiger partial charge < -0.3 is 18.8 Å². The van der Waals surface area contributed by atoms with Crippen molar-refractivity contribution < 1.29 is 18.7 Å². The van der Waals surface area contributed by atoms with Gasteiger partial charge >= 0.3 is 0 Å². The van der Waals surface area contributed by atoms with Crippen LogP contribution in [0.5, 0.6) is 11.5 Å². The smallest absolute Gasteiger partial charge is 0.291 e. The number of nitrogens with zero attached hydrogens (tertiary/aromatic N) is 1. The predicted molar refractivity (Wildman–Crippen MR) is 123 cm³/mol. The Kier molecular flexibility index (Phi) is 4.45. The van der Waals surface area contributed by atoms with E-state index in [0.29, 0.717) is 33.1 Å². The SMILES string of the molecule is Cc1ccc(C2c3c(oc4ccc(Cl)cc4c3=O)C(=O)N2Cc2ccc3c(c2)OCO3)cc1. The van der Waals surface area contributed by atoms with Crippen molar-refractivity contribution in [3.63, 3.8) is 0 Å². The first-order valence-corrected chi connectivity index (χ1v) is 10.9. The predicted octanol–water partition coefficient (Wildman–Crippen LogP) is 5.23. The molecule has 33 heavy (non-hydrogen) atoms. The Balaban J connectivity index is 1.52. The molecule has 0 N–H and O–H groups in total. The summed E-state index contributed by atoms with van der Waals surface area (Å²) in [6.07, 6.45) is 0. The van der Waals surface area contributed by atoms with Crippen LogP contribution in [0.1, 0.15) is 38.9 Å². The zero-order chi connectivity index (χ0) is 22.7. The summed E-state index contributed by atoms with van der Waals surface area (Å²) >= 11 is 6.14. The number of aryl methyl sites for hydroxylation is 1. The molecule has 164 valence electrons. The molecule has 7 heteroatoms. The average molecular weight is 460 g/mol. The van der Waals surface area contributed by atoms with E-state index in [9.17, 15) is 9.59 Å². The monoisotopic (exact) mass is 459 g/mol. The molecule has 6 rings (SSSR count). The maximum atomic E-state index is 13.6. The van der Waals surface area contributed by atoms with E-state index in [2.05, 4.69) is 0 Å². The first kappa shape index (κ1) is 19.9. The van der Waals surface area contributed by atoms with Crippen molar-refractivity contribution in [1.29, 1.82) is 0 Å². The highest BCUT2D eigenvalue weighted by Gasteiger charge is 2.42. The van der Waals surface area contributed by atoms with Gasteiger partial charge in [0.15, 0.2) is 16.9 Å². The van der Waals surface area contributed by atoms with E-state index in [-0.39, 0.29) is 30.4 Å². The van der Waals surface area contributed by atoms with Crippen LogP contribution in [0, 0.1) is 6.92 Å². The number of hydrogen-bond acceptors (Lipinski definition) is 5. The molecule has 1 unspecified atom stereocenters. The lowest BCUT2D eigenvalue weighted by Crippen LogP contribution is -2.29. The fourth-order valence-corrected chi connectivity index (χ4v) is 4.66. The summed E-state index contributed by atoms with van der Waals surface area (Å²) in [6.45, 7) is 2.44. The Morgan fingerprint density at radius 2 is 1.76 bits per heavy atom. The van der Waals surface area contributed by atoms with Gasteiger partial charge in [0, 0.05) is 11.6 Å². The third kappa shape index (κ3) is 3.17. The van der Waals surface area contributed by atoms with Gasteiger partial charge in [-0.15, -0.1) is 0 Å². The van der Waals surface area contributed by atoms with E-state index >= 15 is 0 Å². The Labute approximate surface area is 193 Å². The fraction of sp³-hybridized carbons (Fsp3) is 0.154. The number of ether oxygens (including phenoxy) is 2. The van der Waals surface area contributed by atoms with Crippen LogP contribution in [0.25, 0.3) is 11.0 Å². The number of rotatable bonds is 3. The van der Waals surface area contributed by atoms with Gasteiger partial charge in [0.05, 0.1) is 17.0 Å². The quantitative estimate of drug-likeness (QED) is 0.419. The molecule has 0 radical (unpaired) electrons. The van der Waals surface area contributed by atoms with Crippen molar-refractivity contribution in [2.45, 2.75) is 19.5 Å². The second-order valence-corrected chi connectivity index (χ2v) is 8.68. The lowest BCUT2D eigenvalue weighted by molar-refractivity contribution is 0.0714. The third-order valence-electron chi connectivity index (χ3n) is 6.11. The highest BCUT2D eigenvalue weighted by Crippen LogP contribution is 2.40. The summed E-state index contributed by atoms with van der Waals surface area (Å²) in [5.41, 5.74) is 3.20. The van der Waals surface area contributed by atoms with Crippen LogP contribution in [0.15, 0.2) is 69.9 Å². The lowest BCUT2D eigenvalue weighted by atomic mass is 9.97. The van der Waals surface area contributed by atoms with Crippen molar-refractivity contribution in [1.82, 2.24) is 4.90 Å². The number of hydrogen-bond donors (Lipinski definition) is 0. The Hall–Kier alpha value is -3.77. The van der Waals surface area contributed by atoms with Gasteiger partial charge in [0.2, 0.25) is 12.6 Å². The number of benzene rings is 3. The molecular weight excluding hydrogens is 442 g/mol. The van der Waals surface area contributed by atoms with Crippen LogP contribution in [0.3, 0.4) is 0 Å². The van der Waals surface area contributed by atoms with Crippen molar-refractivity contribution in [3.8, 4) is 11.5 Å². The van der Waals surface area contributed by atoms with E-state index in [1.165, 1.54) is 0 Å².